The lowest BCUT2D eigenvalue weighted by molar-refractivity contribution is -0.108. The third-order valence-electron chi connectivity index (χ3n) is 2.55. The molecule has 0 radical (unpaired) electrons. The molecule has 1 amide bonds. The Balaban J connectivity index is 3.02. The minimum absolute atomic E-state index is 0.317. The lowest BCUT2D eigenvalue weighted by atomic mass is 10.1. The molecule has 3 nitrogen and oxygen atoms in total. The van der Waals surface area contributed by atoms with E-state index < -0.39 is 0 Å². The zero-order valence-electron chi connectivity index (χ0n) is 10.2. The molecule has 0 aliphatic rings. The molecule has 0 N–H and O–H groups in total. The van der Waals surface area contributed by atoms with E-state index >= 15 is 0 Å². The summed E-state index contributed by atoms with van der Waals surface area (Å²) in [7, 11) is 0. The standard InChI is InChI=1S/C13H19NO2/c1-4-12-8-6-7-11(3)13(12)14(9-15)10-16-5-2/h6-9H,4-5,10H2,1-3H3. The molecule has 1 aromatic rings. The first-order valence-corrected chi connectivity index (χ1v) is 5.62. The van der Waals surface area contributed by atoms with Gasteiger partial charge in [-0.1, -0.05) is 25.1 Å². The minimum Gasteiger partial charge on any atom is -0.361 e. The molecule has 0 spiro atoms. The van der Waals surface area contributed by atoms with Gasteiger partial charge in [0.05, 0.1) is 5.69 Å². The third kappa shape index (κ3) is 2.83. The summed E-state index contributed by atoms with van der Waals surface area (Å²) in [5.41, 5.74) is 3.26. The summed E-state index contributed by atoms with van der Waals surface area (Å²) in [6.45, 7) is 6.94. The highest BCUT2D eigenvalue weighted by Crippen LogP contribution is 2.24. The molecule has 0 aliphatic carbocycles. The summed E-state index contributed by atoms with van der Waals surface area (Å²) in [6, 6.07) is 6.07. The van der Waals surface area contributed by atoms with Crippen LogP contribution in [0.2, 0.25) is 0 Å². The van der Waals surface area contributed by atoms with E-state index in [1.807, 2.05) is 32.0 Å². The summed E-state index contributed by atoms with van der Waals surface area (Å²) < 4.78 is 5.29. The molecule has 88 valence electrons. The van der Waals surface area contributed by atoms with Crippen molar-refractivity contribution >= 4 is 12.1 Å². The molecule has 0 saturated heterocycles. The zero-order valence-corrected chi connectivity index (χ0v) is 10.2. The van der Waals surface area contributed by atoms with Crippen molar-refractivity contribution in [2.75, 3.05) is 18.2 Å². The molecule has 0 heterocycles. The van der Waals surface area contributed by atoms with Crippen LogP contribution in [0.1, 0.15) is 25.0 Å². The highest BCUT2D eigenvalue weighted by molar-refractivity contribution is 5.78. The second-order valence-corrected chi connectivity index (χ2v) is 3.63. The zero-order chi connectivity index (χ0) is 12.0. The van der Waals surface area contributed by atoms with Crippen LogP contribution < -0.4 is 4.90 Å². The Labute approximate surface area is 97.0 Å². The highest BCUT2D eigenvalue weighted by atomic mass is 16.5. The predicted molar refractivity (Wildman–Crippen MR) is 65.6 cm³/mol. The molecule has 0 aromatic heterocycles. The Hall–Kier alpha value is -1.35. The number of carbonyl (C=O) groups is 1. The number of para-hydroxylation sites is 1. The van der Waals surface area contributed by atoms with Crippen molar-refractivity contribution in [1.29, 1.82) is 0 Å². The highest BCUT2D eigenvalue weighted by Gasteiger charge is 2.11. The maximum absolute atomic E-state index is 11.1. The largest absolute Gasteiger partial charge is 0.361 e. The Kier molecular flexibility index (Phi) is 4.99. The number of hydrogen-bond donors (Lipinski definition) is 0. The van der Waals surface area contributed by atoms with Crippen molar-refractivity contribution in [3.63, 3.8) is 0 Å². The fourth-order valence-corrected chi connectivity index (χ4v) is 1.75. The van der Waals surface area contributed by atoms with E-state index in [9.17, 15) is 4.79 Å². The average Bonchev–Trinajstić information content (AvgIpc) is 2.31. The number of ether oxygens (including phenoxy) is 1. The van der Waals surface area contributed by atoms with E-state index in [0.29, 0.717) is 13.3 Å². The van der Waals surface area contributed by atoms with Gasteiger partial charge in [-0.3, -0.25) is 9.69 Å². The van der Waals surface area contributed by atoms with E-state index in [-0.39, 0.29) is 0 Å². The van der Waals surface area contributed by atoms with E-state index in [2.05, 4.69) is 6.92 Å². The second-order valence-electron chi connectivity index (χ2n) is 3.63. The maximum atomic E-state index is 11.1. The van der Waals surface area contributed by atoms with Crippen molar-refractivity contribution in [3.8, 4) is 0 Å². The van der Waals surface area contributed by atoms with Gasteiger partial charge in [-0.15, -0.1) is 0 Å². The molecule has 0 bridgehead atoms. The van der Waals surface area contributed by atoms with Gasteiger partial charge in [-0.05, 0) is 31.4 Å². The number of anilines is 1. The minimum atomic E-state index is 0.317. The Morgan fingerprint density at radius 2 is 2.12 bits per heavy atom. The molecule has 0 fully saturated rings. The van der Waals surface area contributed by atoms with Crippen molar-refractivity contribution < 1.29 is 9.53 Å². The molecule has 3 heteroatoms. The van der Waals surface area contributed by atoms with Gasteiger partial charge < -0.3 is 4.74 Å². The molecular formula is C13H19NO2. The molecule has 1 rings (SSSR count). The summed E-state index contributed by atoms with van der Waals surface area (Å²) in [4.78, 5) is 12.7. The third-order valence-corrected chi connectivity index (χ3v) is 2.55. The first kappa shape index (κ1) is 12.7. The van der Waals surface area contributed by atoms with E-state index in [1.165, 1.54) is 5.56 Å². The molecule has 0 aliphatic heterocycles. The van der Waals surface area contributed by atoms with Crippen LogP contribution in [0.25, 0.3) is 0 Å². The number of rotatable bonds is 6. The van der Waals surface area contributed by atoms with Crippen LogP contribution in [-0.2, 0) is 16.0 Å². The topological polar surface area (TPSA) is 29.5 Å². The fraction of sp³-hybridized carbons (Fsp3) is 0.462. The Morgan fingerprint density at radius 3 is 2.69 bits per heavy atom. The van der Waals surface area contributed by atoms with Crippen molar-refractivity contribution in [2.24, 2.45) is 0 Å². The van der Waals surface area contributed by atoms with Gasteiger partial charge in [0.15, 0.2) is 0 Å². The van der Waals surface area contributed by atoms with Gasteiger partial charge in [0, 0.05) is 6.61 Å². The number of nitrogens with zero attached hydrogens (tertiary/aromatic N) is 1. The Bertz CT molecular complexity index is 350. The molecule has 0 unspecified atom stereocenters. The summed E-state index contributed by atoms with van der Waals surface area (Å²) in [6.07, 6.45) is 1.74. The van der Waals surface area contributed by atoms with E-state index in [4.69, 9.17) is 4.74 Å². The molecule has 0 atom stereocenters. The van der Waals surface area contributed by atoms with Gasteiger partial charge in [0.1, 0.15) is 6.73 Å². The van der Waals surface area contributed by atoms with E-state index in [1.54, 1.807) is 4.90 Å². The van der Waals surface area contributed by atoms with Gasteiger partial charge in [0.2, 0.25) is 6.41 Å². The van der Waals surface area contributed by atoms with E-state index in [0.717, 1.165) is 24.1 Å². The fourth-order valence-electron chi connectivity index (χ4n) is 1.75. The van der Waals surface area contributed by atoms with Crippen LogP contribution in [-0.4, -0.2) is 19.7 Å². The van der Waals surface area contributed by atoms with Crippen molar-refractivity contribution in [3.05, 3.63) is 29.3 Å². The van der Waals surface area contributed by atoms with Crippen LogP contribution in [0.5, 0.6) is 0 Å². The maximum Gasteiger partial charge on any atom is 0.216 e. The smallest absolute Gasteiger partial charge is 0.216 e. The van der Waals surface area contributed by atoms with Gasteiger partial charge in [-0.2, -0.15) is 0 Å². The number of benzene rings is 1. The van der Waals surface area contributed by atoms with Crippen molar-refractivity contribution in [2.45, 2.75) is 27.2 Å². The lowest BCUT2D eigenvalue weighted by Crippen LogP contribution is -2.26. The van der Waals surface area contributed by atoms with Crippen LogP contribution >= 0.6 is 0 Å². The number of hydrogen-bond acceptors (Lipinski definition) is 2. The van der Waals surface area contributed by atoms with Crippen LogP contribution in [0.4, 0.5) is 5.69 Å². The van der Waals surface area contributed by atoms with Crippen molar-refractivity contribution in [1.82, 2.24) is 0 Å². The van der Waals surface area contributed by atoms with Crippen LogP contribution in [0, 0.1) is 6.92 Å². The van der Waals surface area contributed by atoms with Gasteiger partial charge in [0.25, 0.3) is 0 Å². The normalized spacial score (nSPS) is 10.2. The quantitative estimate of drug-likeness (QED) is 0.545. The second kappa shape index (κ2) is 6.28. The molecular weight excluding hydrogens is 202 g/mol. The van der Waals surface area contributed by atoms with Crippen LogP contribution in [0.3, 0.4) is 0 Å². The predicted octanol–water partition coefficient (Wildman–Crippen LogP) is 2.51. The first-order valence-electron chi connectivity index (χ1n) is 5.62. The molecule has 0 saturated carbocycles. The monoisotopic (exact) mass is 221 g/mol. The molecule has 1 aromatic carbocycles. The summed E-state index contributed by atoms with van der Waals surface area (Å²) in [5.74, 6) is 0. The first-order chi connectivity index (χ1) is 7.74. The average molecular weight is 221 g/mol. The molecule has 16 heavy (non-hydrogen) atoms. The SMILES string of the molecule is CCOCN(C=O)c1c(C)cccc1CC. The lowest BCUT2D eigenvalue weighted by Gasteiger charge is -2.22. The van der Waals surface area contributed by atoms with Gasteiger partial charge >= 0.3 is 0 Å². The summed E-state index contributed by atoms with van der Waals surface area (Å²) in [5, 5.41) is 0. The number of aryl methyl sites for hydroxylation is 2. The number of amides is 1. The Morgan fingerprint density at radius 1 is 1.38 bits per heavy atom. The van der Waals surface area contributed by atoms with Gasteiger partial charge in [-0.25, -0.2) is 0 Å². The number of carbonyl (C=O) groups excluding carboxylic acids is 1. The summed E-state index contributed by atoms with van der Waals surface area (Å²) >= 11 is 0. The van der Waals surface area contributed by atoms with Crippen LogP contribution in [0.15, 0.2) is 18.2 Å².